The molecule has 49 heavy (non-hydrogen) atoms. The van der Waals surface area contributed by atoms with Crippen LogP contribution in [0.15, 0.2) is 66.7 Å². The van der Waals surface area contributed by atoms with Gasteiger partial charge >= 0.3 is 5.97 Å². The van der Waals surface area contributed by atoms with Crippen molar-refractivity contribution in [1.29, 1.82) is 0 Å². The molecule has 0 spiro atoms. The average molecular weight is 683 g/mol. The van der Waals surface area contributed by atoms with E-state index in [9.17, 15) is 20.1 Å². The maximum atomic E-state index is 13.5. The summed E-state index contributed by atoms with van der Waals surface area (Å²) in [6, 6.07) is 19.0. The Bertz CT molecular complexity index is 1630. The van der Waals surface area contributed by atoms with Crippen LogP contribution in [-0.2, 0) is 39.7 Å². The molecular weight excluding hydrogens is 640 g/mol. The highest BCUT2D eigenvalue weighted by Gasteiger charge is 2.78. The van der Waals surface area contributed by atoms with Crippen LogP contribution in [0.5, 0.6) is 23.0 Å². The number of hydrogen-bond acceptors (Lipinski definition) is 13. The van der Waals surface area contributed by atoms with E-state index in [-0.39, 0.29) is 36.0 Å². The van der Waals surface area contributed by atoms with E-state index in [0.717, 1.165) is 0 Å². The maximum absolute atomic E-state index is 13.5. The topological polar surface area (TPSA) is 161 Å². The van der Waals surface area contributed by atoms with Gasteiger partial charge in [-0.1, -0.05) is 42.5 Å². The Balaban J connectivity index is 1.52. The number of ether oxygens (including phenoxy) is 9. The lowest BCUT2D eigenvalue weighted by atomic mass is 9.70. The van der Waals surface area contributed by atoms with E-state index in [1.165, 1.54) is 41.6 Å². The van der Waals surface area contributed by atoms with Crippen molar-refractivity contribution in [3.05, 3.63) is 83.4 Å². The third-order valence-electron chi connectivity index (χ3n) is 9.95. The molecule has 0 bridgehead atoms. The fourth-order valence-electron chi connectivity index (χ4n) is 7.61. The van der Waals surface area contributed by atoms with Crippen molar-refractivity contribution in [2.75, 3.05) is 48.8 Å². The van der Waals surface area contributed by atoms with Gasteiger partial charge in [-0.05, 0) is 30.2 Å². The molecule has 0 aromatic heterocycles. The fourth-order valence-corrected chi connectivity index (χ4v) is 7.61. The zero-order chi connectivity index (χ0) is 35.1. The van der Waals surface area contributed by atoms with Crippen molar-refractivity contribution in [3.63, 3.8) is 0 Å². The Morgan fingerprint density at radius 1 is 0.959 bits per heavy atom. The number of rotatable bonds is 11. The number of fused-ring (bicyclic) bond motifs is 3. The standard InChI is InChI=1S/C36H42O13/c1-34(26(18-37)43-4)19-46-32(45-6)33(49-34)47-23-16-24(42-3)29-25(17-23)48-36(21-12-14-22(41-2)15-13-21)28(20-10-8-7-9-11-20)27(31(39)44-5)30(38)35(29,36)40/h7-17,26-28,30,32-33,37-38,40H,18-19H2,1-6H3/t26-,27-,28-,30-,32-,33-,34-,35+,36+/m1/s1. The Morgan fingerprint density at radius 3 is 2.27 bits per heavy atom. The SMILES string of the molecule is COC(=O)[C@H]1[C@@H](O)[C@@]2(O)c3c(OC)cc(O[C@@H]4O[C@@](C)([C@@H](CO)OC)CO[C@H]4OC)cc3O[C@@]2(c2ccc(OC)cc2)[C@@H]1c1ccccc1. The summed E-state index contributed by atoms with van der Waals surface area (Å²) in [4.78, 5) is 13.5. The van der Waals surface area contributed by atoms with E-state index >= 15 is 0 Å². The predicted molar refractivity (Wildman–Crippen MR) is 171 cm³/mol. The van der Waals surface area contributed by atoms with Gasteiger partial charge in [0.15, 0.2) is 11.2 Å². The number of hydrogen-bond donors (Lipinski definition) is 3. The Labute approximate surface area is 284 Å². The molecule has 3 aliphatic rings. The van der Waals surface area contributed by atoms with Crippen LogP contribution in [0.25, 0.3) is 0 Å². The zero-order valence-electron chi connectivity index (χ0n) is 28.2. The Morgan fingerprint density at radius 2 is 1.67 bits per heavy atom. The molecule has 6 rings (SSSR count). The van der Waals surface area contributed by atoms with Gasteiger partial charge in [-0.3, -0.25) is 4.79 Å². The van der Waals surface area contributed by atoms with Crippen molar-refractivity contribution < 1.29 is 62.7 Å². The van der Waals surface area contributed by atoms with Gasteiger partial charge in [0.2, 0.25) is 6.29 Å². The lowest BCUT2D eigenvalue weighted by molar-refractivity contribution is -0.355. The Kier molecular flexibility index (Phi) is 9.54. The molecule has 0 amide bonds. The first-order valence-corrected chi connectivity index (χ1v) is 15.8. The minimum Gasteiger partial charge on any atom is -0.497 e. The summed E-state index contributed by atoms with van der Waals surface area (Å²) in [6.45, 7) is 1.45. The van der Waals surface area contributed by atoms with Crippen LogP contribution in [0.1, 0.15) is 29.5 Å². The average Bonchev–Trinajstić information content (AvgIpc) is 3.50. The monoisotopic (exact) mass is 682 g/mol. The van der Waals surface area contributed by atoms with Gasteiger partial charge in [0.1, 0.15) is 40.8 Å². The highest BCUT2D eigenvalue weighted by atomic mass is 16.8. The van der Waals surface area contributed by atoms with Crippen molar-refractivity contribution >= 4 is 5.97 Å². The van der Waals surface area contributed by atoms with Gasteiger partial charge in [-0.15, -0.1) is 0 Å². The molecule has 264 valence electrons. The maximum Gasteiger partial charge on any atom is 0.312 e. The van der Waals surface area contributed by atoms with Crippen LogP contribution >= 0.6 is 0 Å². The summed E-state index contributed by atoms with van der Waals surface area (Å²) in [7, 11) is 7.08. The second-order valence-electron chi connectivity index (χ2n) is 12.5. The van der Waals surface area contributed by atoms with Crippen LogP contribution < -0.4 is 18.9 Å². The number of carbonyl (C=O) groups is 1. The number of methoxy groups -OCH3 is 5. The molecule has 1 saturated heterocycles. The zero-order valence-corrected chi connectivity index (χ0v) is 28.2. The normalized spacial score (nSPS) is 32.4. The number of carbonyl (C=O) groups excluding carboxylic acids is 1. The molecule has 2 fully saturated rings. The molecule has 13 heteroatoms. The predicted octanol–water partition coefficient (Wildman–Crippen LogP) is 2.62. The molecular formula is C36H42O13. The quantitative estimate of drug-likeness (QED) is 0.254. The highest BCUT2D eigenvalue weighted by molar-refractivity contribution is 5.78. The summed E-state index contributed by atoms with van der Waals surface area (Å²) < 4.78 is 52.7. The molecule has 3 aromatic rings. The van der Waals surface area contributed by atoms with E-state index < -0.39 is 59.4 Å². The summed E-state index contributed by atoms with van der Waals surface area (Å²) in [6.07, 6.45) is -4.54. The summed E-state index contributed by atoms with van der Waals surface area (Å²) in [5.74, 6) is -1.93. The van der Waals surface area contributed by atoms with Crippen molar-refractivity contribution in [2.45, 2.75) is 54.4 Å². The molecule has 2 aliphatic heterocycles. The molecule has 3 N–H and O–H groups in total. The van der Waals surface area contributed by atoms with Crippen molar-refractivity contribution in [3.8, 4) is 23.0 Å². The van der Waals surface area contributed by atoms with E-state index in [1.54, 1.807) is 49.4 Å². The second-order valence-corrected chi connectivity index (χ2v) is 12.5. The minimum absolute atomic E-state index is 0.0542. The third-order valence-corrected chi connectivity index (χ3v) is 9.95. The Hall–Kier alpha value is -3.95. The largest absolute Gasteiger partial charge is 0.497 e. The van der Waals surface area contributed by atoms with E-state index in [2.05, 4.69) is 0 Å². The lowest BCUT2D eigenvalue weighted by Crippen LogP contribution is -2.59. The first-order chi connectivity index (χ1) is 23.6. The van der Waals surface area contributed by atoms with Gasteiger partial charge < -0.3 is 58.0 Å². The smallest absolute Gasteiger partial charge is 0.312 e. The van der Waals surface area contributed by atoms with Crippen LogP contribution in [0, 0.1) is 5.92 Å². The van der Waals surface area contributed by atoms with Gasteiger partial charge in [0.25, 0.3) is 6.29 Å². The van der Waals surface area contributed by atoms with Crippen LogP contribution in [0.2, 0.25) is 0 Å². The highest BCUT2D eigenvalue weighted by Crippen LogP contribution is 2.70. The van der Waals surface area contributed by atoms with E-state index in [4.69, 9.17) is 42.6 Å². The van der Waals surface area contributed by atoms with Crippen LogP contribution in [0.3, 0.4) is 0 Å². The molecule has 1 aliphatic carbocycles. The number of esters is 1. The molecule has 3 aromatic carbocycles. The summed E-state index contributed by atoms with van der Waals surface area (Å²) in [5, 5.41) is 35.2. The molecule has 0 radical (unpaired) electrons. The molecule has 13 nitrogen and oxygen atoms in total. The first-order valence-electron chi connectivity index (χ1n) is 15.8. The summed E-state index contributed by atoms with van der Waals surface area (Å²) >= 11 is 0. The number of benzene rings is 3. The van der Waals surface area contributed by atoms with Gasteiger partial charge in [0.05, 0.1) is 46.0 Å². The van der Waals surface area contributed by atoms with Crippen LogP contribution in [0.4, 0.5) is 0 Å². The molecule has 9 atom stereocenters. The second kappa shape index (κ2) is 13.4. The van der Waals surface area contributed by atoms with Crippen molar-refractivity contribution in [2.24, 2.45) is 5.92 Å². The van der Waals surface area contributed by atoms with Gasteiger partial charge in [-0.25, -0.2) is 0 Å². The molecule has 1 saturated carbocycles. The van der Waals surface area contributed by atoms with Crippen LogP contribution in [-0.4, -0.2) is 100 Å². The number of aliphatic hydroxyl groups is 3. The minimum atomic E-state index is -2.24. The van der Waals surface area contributed by atoms with E-state index in [1.807, 2.05) is 18.2 Å². The van der Waals surface area contributed by atoms with Crippen molar-refractivity contribution in [1.82, 2.24) is 0 Å². The molecule has 2 heterocycles. The lowest BCUT2D eigenvalue weighted by Gasteiger charge is -2.44. The fraction of sp³-hybridized carbons (Fsp3) is 0.472. The van der Waals surface area contributed by atoms with Gasteiger partial charge in [-0.2, -0.15) is 0 Å². The third kappa shape index (κ3) is 5.32. The van der Waals surface area contributed by atoms with E-state index in [0.29, 0.717) is 16.9 Å². The molecule has 0 unspecified atom stereocenters. The number of aliphatic hydroxyl groups excluding tert-OH is 2. The van der Waals surface area contributed by atoms with Gasteiger partial charge in [0, 0.05) is 32.3 Å². The first kappa shape index (κ1) is 34.9. The summed E-state index contributed by atoms with van der Waals surface area (Å²) in [5.41, 5.74) is -3.92.